The Kier molecular flexibility index (Phi) is 5.60. The summed E-state index contributed by atoms with van der Waals surface area (Å²) in [6.07, 6.45) is 2.62. The minimum Gasteiger partial charge on any atom is -0.340 e. The summed E-state index contributed by atoms with van der Waals surface area (Å²) in [6, 6.07) is 15.3. The molecule has 138 valence electrons. The van der Waals surface area contributed by atoms with E-state index in [0.29, 0.717) is 11.5 Å². The van der Waals surface area contributed by atoms with Crippen LogP contribution in [0.3, 0.4) is 0 Å². The van der Waals surface area contributed by atoms with Crippen molar-refractivity contribution in [2.45, 2.75) is 10.5 Å². The van der Waals surface area contributed by atoms with Gasteiger partial charge in [-0.2, -0.15) is 13.2 Å². The molecule has 0 spiro atoms. The molecule has 0 saturated heterocycles. The van der Waals surface area contributed by atoms with Gasteiger partial charge >= 0.3 is 5.51 Å². The van der Waals surface area contributed by atoms with E-state index < -0.39 is 28.2 Å². The van der Waals surface area contributed by atoms with Gasteiger partial charge in [0.1, 0.15) is 10.8 Å². The predicted octanol–water partition coefficient (Wildman–Crippen LogP) is 5.08. The first kappa shape index (κ1) is 18.7. The largest absolute Gasteiger partial charge is 0.447 e. The van der Waals surface area contributed by atoms with Crippen LogP contribution in [0.2, 0.25) is 0 Å². The number of carbonyl (C=O) groups is 1. The standard InChI is InChI=1S/C18H13F3N4OS/c19-18(20,21)27-17-14(7-4-10-22-17)16(26)25-13-8-9-15(23-11-13)24-12-5-2-1-3-6-12/h1-11H,(H,23,24)(H,25,26). The van der Waals surface area contributed by atoms with E-state index >= 15 is 0 Å². The molecule has 0 aliphatic rings. The first-order chi connectivity index (χ1) is 12.9. The number of halogens is 3. The molecule has 0 fully saturated rings. The molecule has 1 aromatic carbocycles. The highest BCUT2D eigenvalue weighted by molar-refractivity contribution is 8.00. The molecular weight excluding hydrogens is 377 g/mol. The molecule has 9 heteroatoms. The summed E-state index contributed by atoms with van der Waals surface area (Å²) < 4.78 is 37.8. The minimum atomic E-state index is -4.53. The first-order valence-corrected chi connectivity index (χ1v) is 8.52. The number of carbonyl (C=O) groups excluding carboxylic acids is 1. The number of anilines is 3. The third kappa shape index (κ3) is 5.45. The van der Waals surface area contributed by atoms with Gasteiger partial charge in [-0.15, -0.1) is 0 Å². The van der Waals surface area contributed by atoms with Gasteiger partial charge in [-0.25, -0.2) is 9.97 Å². The Morgan fingerprint density at radius 1 is 0.926 bits per heavy atom. The van der Waals surface area contributed by atoms with Gasteiger partial charge in [-0.3, -0.25) is 4.79 Å². The first-order valence-electron chi connectivity index (χ1n) is 7.71. The van der Waals surface area contributed by atoms with E-state index in [4.69, 9.17) is 0 Å². The molecule has 0 atom stereocenters. The summed E-state index contributed by atoms with van der Waals surface area (Å²) in [5.41, 5.74) is -3.49. The van der Waals surface area contributed by atoms with Crippen molar-refractivity contribution in [2.75, 3.05) is 10.6 Å². The fourth-order valence-corrected chi connectivity index (χ4v) is 2.77. The summed E-state index contributed by atoms with van der Waals surface area (Å²) in [5.74, 6) is -0.130. The van der Waals surface area contributed by atoms with Crippen LogP contribution in [0, 0.1) is 0 Å². The molecule has 3 aromatic rings. The van der Waals surface area contributed by atoms with Gasteiger partial charge in [0, 0.05) is 23.6 Å². The van der Waals surface area contributed by atoms with Crippen molar-refractivity contribution in [1.82, 2.24) is 9.97 Å². The molecule has 3 rings (SSSR count). The van der Waals surface area contributed by atoms with Gasteiger partial charge in [0.2, 0.25) is 0 Å². The Bertz CT molecular complexity index is 918. The minimum absolute atomic E-state index is 0.161. The summed E-state index contributed by atoms with van der Waals surface area (Å²) in [7, 11) is 0. The Morgan fingerprint density at radius 2 is 1.70 bits per heavy atom. The highest BCUT2D eigenvalue weighted by Gasteiger charge is 2.32. The van der Waals surface area contributed by atoms with Crippen LogP contribution in [0.1, 0.15) is 10.4 Å². The number of aromatic nitrogens is 2. The number of amides is 1. The zero-order valence-electron chi connectivity index (χ0n) is 13.7. The molecule has 2 heterocycles. The van der Waals surface area contributed by atoms with Gasteiger partial charge in [0.15, 0.2) is 0 Å². The van der Waals surface area contributed by atoms with Gasteiger partial charge < -0.3 is 10.6 Å². The maximum absolute atomic E-state index is 12.6. The summed E-state index contributed by atoms with van der Waals surface area (Å²) in [6.45, 7) is 0. The van der Waals surface area contributed by atoms with Crippen LogP contribution < -0.4 is 10.6 Å². The summed E-state index contributed by atoms with van der Waals surface area (Å²) in [5, 5.41) is 5.21. The van der Waals surface area contributed by atoms with E-state index in [9.17, 15) is 18.0 Å². The molecular formula is C18H13F3N4OS. The molecule has 1 amide bonds. The van der Waals surface area contributed by atoms with Gasteiger partial charge in [0.05, 0.1) is 17.4 Å². The van der Waals surface area contributed by atoms with Gasteiger partial charge in [0.25, 0.3) is 5.91 Å². The number of nitrogens with zero attached hydrogens (tertiary/aromatic N) is 2. The maximum Gasteiger partial charge on any atom is 0.447 e. The molecule has 2 N–H and O–H groups in total. The number of pyridine rings is 2. The monoisotopic (exact) mass is 390 g/mol. The number of nitrogens with one attached hydrogen (secondary N) is 2. The molecule has 0 bridgehead atoms. The zero-order valence-corrected chi connectivity index (χ0v) is 14.5. The normalized spacial score (nSPS) is 11.1. The van der Waals surface area contributed by atoms with Crippen LogP contribution in [0.4, 0.5) is 30.4 Å². The van der Waals surface area contributed by atoms with Crippen LogP contribution >= 0.6 is 11.8 Å². The number of benzene rings is 1. The van der Waals surface area contributed by atoms with Crippen LogP contribution in [-0.2, 0) is 0 Å². The van der Waals surface area contributed by atoms with Crippen molar-refractivity contribution in [3.8, 4) is 0 Å². The molecule has 5 nitrogen and oxygen atoms in total. The van der Waals surface area contributed by atoms with Crippen LogP contribution in [0.5, 0.6) is 0 Å². The van der Waals surface area contributed by atoms with Crippen LogP contribution in [-0.4, -0.2) is 21.4 Å². The average Bonchev–Trinajstić information content (AvgIpc) is 2.63. The van der Waals surface area contributed by atoms with Crippen molar-refractivity contribution >= 4 is 34.9 Å². The lowest BCUT2D eigenvalue weighted by molar-refractivity contribution is -0.0329. The number of hydrogen-bond acceptors (Lipinski definition) is 5. The Morgan fingerprint density at radius 3 is 2.37 bits per heavy atom. The molecule has 0 radical (unpaired) electrons. The maximum atomic E-state index is 12.6. The molecule has 0 aliphatic carbocycles. The SMILES string of the molecule is O=C(Nc1ccc(Nc2ccccc2)nc1)c1cccnc1SC(F)(F)F. The lowest BCUT2D eigenvalue weighted by Crippen LogP contribution is -2.15. The topological polar surface area (TPSA) is 66.9 Å². The molecule has 27 heavy (non-hydrogen) atoms. The van der Waals surface area contributed by atoms with Crippen molar-refractivity contribution in [2.24, 2.45) is 0 Å². The smallest absolute Gasteiger partial charge is 0.340 e. The van der Waals surface area contributed by atoms with Gasteiger partial charge in [-0.1, -0.05) is 18.2 Å². The van der Waals surface area contributed by atoms with E-state index in [2.05, 4.69) is 20.6 Å². The van der Waals surface area contributed by atoms with Crippen molar-refractivity contribution < 1.29 is 18.0 Å². The number of hydrogen-bond donors (Lipinski definition) is 2. The second kappa shape index (κ2) is 8.09. The fourth-order valence-electron chi connectivity index (χ4n) is 2.16. The van der Waals surface area contributed by atoms with Gasteiger partial charge in [-0.05, 0) is 36.4 Å². The van der Waals surface area contributed by atoms with Crippen molar-refractivity contribution in [3.05, 3.63) is 72.6 Å². The lowest BCUT2D eigenvalue weighted by atomic mass is 10.2. The molecule has 0 unspecified atom stereocenters. The third-order valence-corrected chi connectivity index (χ3v) is 4.05. The Balaban J connectivity index is 1.70. The molecule has 0 aliphatic heterocycles. The van der Waals surface area contributed by atoms with E-state index in [1.54, 1.807) is 12.1 Å². The second-order valence-corrected chi connectivity index (χ2v) is 6.33. The number of thioether (sulfide) groups is 1. The van der Waals surface area contributed by atoms with Crippen molar-refractivity contribution in [1.29, 1.82) is 0 Å². The summed E-state index contributed by atoms with van der Waals surface area (Å²) in [4.78, 5) is 20.1. The van der Waals surface area contributed by atoms with E-state index in [1.807, 2.05) is 30.3 Å². The lowest BCUT2D eigenvalue weighted by Gasteiger charge is -2.11. The Labute approximate surface area is 157 Å². The average molecular weight is 390 g/mol. The quantitative estimate of drug-likeness (QED) is 0.595. The van der Waals surface area contributed by atoms with E-state index in [-0.39, 0.29) is 5.56 Å². The van der Waals surface area contributed by atoms with Crippen molar-refractivity contribution in [3.63, 3.8) is 0 Å². The zero-order chi connectivity index (χ0) is 19.3. The number of para-hydroxylation sites is 1. The van der Waals surface area contributed by atoms with Crippen LogP contribution in [0.15, 0.2) is 72.0 Å². The molecule has 2 aromatic heterocycles. The fraction of sp³-hybridized carbons (Fsp3) is 0.0556. The number of rotatable bonds is 5. The Hall–Kier alpha value is -3.07. The highest BCUT2D eigenvalue weighted by Crippen LogP contribution is 2.37. The molecule has 0 saturated carbocycles. The van der Waals surface area contributed by atoms with Crippen LogP contribution in [0.25, 0.3) is 0 Å². The third-order valence-electron chi connectivity index (χ3n) is 3.30. The second-order valence-electron chi connectivity index (χ2n) is 5.28. The highest BCUT2D eigenvalue weighted by atomic mass is 32.2. The number of alkyl halides is 3. The van der Waals surface area contributed by atoms with E-state index in [1.165, 1.54) is 24.5 Å². The predicted molar refractivity (Wildman–Crippen MR) is 98.1 cm³/mol. The van der Waals surface area contributed by atoms with E-state index in [0.717, 1.165) is 5.69 Å². The summed E-state index contributed by atoms with van der Waals surface area (Å²) >= 11 is -0.428.